The number of rotatable bonds is 3. The maximum atomic E-state index is 3.42. The summed E-state index contributed by atoms with van der Waals surface area (Å²) in [5.74, 6) is 0. The Morgan fingerprint density at radius 2 is 1.71 bits per heavy atom. The third-order valence-corrected chi connectivity index (χ3v) is 2.98. The van der Waals surface area contributed by atoms with Crippen LogP contribution < -0.4 is 5.32 Å². The minimum absolute atomic E-state index is 0.946. The summed E-state index contributed by atoms with van der Waals surface area (Å²) in [7, 11) is 0. The van der Waals surface area contributed by atoms with Gasteiger partial charge in [0.05, 0.1) is 0 Å². The highest BCUT2D eigenvalue weighted by atomic mass is 14.9. The summed E-state index contributed by atoms with van der Waals surface area (Å²) in [6.45, 7) is 7.37. The second kappa shape index (κ2) is 5.05. The van der Waals surface area contributed by atoms with Crippen molar-refractivity contribution in [2.24, 2.45) is 0 Å². The van der Waals surface area contributed by atoms with Gasteiger partial charge < -0.3 is 5.32 Å². The molecular formula is C16H19N. The van der Waals surface area contributed by atoms with Gasteiger partial charge >= 0.3 is 0 Å². The van der Waals surface area contributed by atoms with Crippen LogP contribution in [0.4, 0.5) is 5.69 Å². The van der Waals surface area contributed by atoms with Crippen LogP contribution in [0.5, 0.6) is 0 Å². The quantitative estimate of drug-likeness (QED) is 0.816. The zero-order valence-corrected chi connectivity index (χ0v) is 10.7. The second-order valence-corrected chi connectivity index (χ2v) is 4.39. The predicted octanol–water partition coefficient (Wildman–Crippen LogP) is 4.40. The number of benzene rings is 2. The van der Waals surface area contributed by atoms with Gasteiger partial charge in [-0.3, -0.25) is 0 Å². The molecule has 0 spiro atoms. The monoisotopic (exact) mass is 225 g/mol. The first-order valence-corrected chi connectivity index (χ1v) is 6.13. The van der Waals surface area contributed by atoms with Crippen LogP contribution in [0.25, 0.3) is 11.1 Å². The van der Waals surface area contributed by atoms with Crippen molar-refractivity contribution in [3.63, 3.8) is 0 Å². The van der Waals surface area contributed by atoms with Crippen molar-refractivity contribution < 1.29 is 0 Å². The molecule has 0 aliphatic heterocycles. The maximum Gasteiger partial charge on any atom is 0.0419 e. The summed E-state index contributed by atoms with van der Waals surface area (Å²) in [4.78, 5) is 0. The third kappa shape index (κ3) is 2.50. The predicted molar refractivity (Wildman–Crippen MR) is 75.5 cm³/mol. The molecule has 0 fully saturated rings. The van der Waals surface area contributed by atoms with E-state index in [4.69, 9.17) is 0 Å². The molecule has 0 aliphatic rings. The molecule has 0 saturated heterocycles. The number of para-hydroxylation sites is 1. The van der Waals surface area contributed by atoms with Crippen LogP contribution in [-0.4, -0.2) is 6.54 Å². The van der Waals surface area contributed by atoms with Crippen molar-refractivity contribution >= 4 is 5.69 Å². The van der Waals surface area contributed by atoms with Gasteiger partial charge in [-0.1, -0.05) is 42.0 Å². The zero-order chi connectivity index (χ0) is 12.3. The number of nitrogens with one attached hydrogen (secondary N) is 1. The SMILES string of the molecule is CCNc1ccccc1-c1cc(C)ccc1C. The Labute approximate surface area is 103 Å². The van der Waals surface area contributed by atoms with E-state index < -0.39 is 0 Å². The van der Waals surface area contributed by atoms with Crippen LogP contribution >= 0.6 is 0 Å². The van der Waals surface area contributed by atoms with E-state index in [2.05, 4.69) is 68.6 Å². The first kappa shape index (κ1) is 11.7. The Kier molecular flexibility index (Phi) is 3.48. The molecule has 0 atom stereocenters. The van der Waals surface area contributed by atoms with Crippen LogP contribution in [0, 0.1) is 13.8 Å². The smallest absolute Gasteiger partial charge is 0.0419 e. The highest BCUT2D eigenvalue weighted by Gasteiger charge is 2.06. The van der Waals surface area contributed by atoms with E-state index in [0.717, 1.165) is 6.54 Å². The Bertz CT molecular complexity index is 515. The lowest BCUT2D eigenvalue weighted by molar-refractivity contribution is 1.21. The van der Waals surface area contributed by atoms with Crippen molar-refractivity contribution in [3.05, 3.63) is 53.6 Å². The Hall–Kier alpha value is -1.76. The molecule has 2 rings (SSSR count). The molecule has 0 amide bonds. The number of hydrogen-bond donors (Lipinski definition) is 1. The van der Waals surface area contributed by atoms with E-state index in [0.29, 0.717) is 0 Å². The van der Waals surface area contributed by atoms with Crippen molar-refractivity contribution in [3.8, 4) is 11.1 Å². The fourth-order valence-electron chi connectivity index (χ4n) is 2.09. The van der Waals surface area contributed by atoms with Gasteiger partial charge in [0.25, 0.3) is 0 Å². The van der Waals surface area contributed by atoms with Gasteiger partial charge in [-0.15, -0.1) is 0 Å². The molecule has 17 heavy (non-hydrogen) atoms. The molecule has 2 aromatic rings. The first-order valence-electron chi connectivity index (χ1n) is 6.13. The molecule has 0 saturated carbocycles. The first-order chi connectivity index (χ1) is 8.22. The highest BCUT2D eigenvalue weighted by Crippen LogP contribution is 2.30. The molecule has 2 aromatic carbocycles. The molecule has 1 N–H and O–H groups in total. The summed E-state index contributed by atoms with van der Waals surface area (Å²) in [5.41, 5.74) is 6.44. The molecule has 0 radical (unpaired) electrons. The summed E-state index contributed by atoms with van der Waals surface area (Å²) >= 11 is 0. The van der Waals surface area contributed by atoms with Crippen molar-refractivity contribution in [1.82, 2.24) is 0 Å². The zero-order valence-electron chi connectivity index (χ0n) is 10.7. The topological polar surface area (TPSA) is 12.0 Å². The van der Waals surface area contributed by atoms with E-state index in [1.54, 1.807) is 0 Å². The average molecular weight is 225 g/mol. The summed E-state index contributed by atoms with van der Waals surface area (Å²) in [5, 5.41) is 3.42. The summed E-state index contributed by atoms with van der Waals surface area (Å²) in [6, 6.07) is 15.1. The molecule has 88 valence electrons. The van der Waals surface area contributed by atoms with Gasteiger partial charge in [-0.25, -0.2) is 0 Å². The van der Waals surface area contributed by atoms with Gasteiger partial charge in [0.15, 0.2) is 0 Å². The second-order valence-electron chi connectivity index (χ2n) is 4.39. The summed E-state index contributed by atoms with van der Waals surface area (Å²) < 4.78 is 0. The van der Waals surface area contributed by atoms with E-state index in [1.807, 2.05) is 0 Å². The van der Waals surface area contributed by atoms with Crippen molar-refractivity contribution in [2.45, 2.75) is 20.8 Å². The third-order valence-electron chi connectivity index (χ3n) is 2.98. The number of anilines is 1. The minimum atomic E-state index is 0.946. The molecule has 0 unspecified atom stereocenters. The largest absolute Gasteiger partial charge is 0.385 e. The van der Waals surface area contributed by atoms with Gasteiger partial charge in [0.1, 0.15) is 0 Å². The molecule has 0 bridgehead atoms. The van der Waals surface area contributed by atoms with E-state index >= 15 is 0 Å². The number of hydrogen-bond acceptors (Lipinski definition) is 1. The van der Waals surface area contributed by atoms with Crippen molar-refractivity contribution in [2.75, 3.05) is 11.9 Å². The molecule has 0 aromatic heterocycles. The fourth-order valence-corrected chi connectivity index (χ4v) is 2.09. The van der Waals surface area contributed by atoms with Gasteiger partial charge in [-0.2, -0.15) is 0 Å². The molecule has 0 aliphatic carbocycles. The van der Waals surface area contributed by atoms with Crippen LogP contribution in [-0.2, 0) is 0 Å². The summed E-state index contributed by atoms with van der Waals surface area (Å²) in [6.07, 6.45) is 0. The van der Waals surface area contributed by atoms with Crippen LogP contribution in [0.2, 0.25) is 0 Å². The standard InChI is InChI=1S/C16H19N/c1-4-17-16-8-6-5-7-14(16)15-11-12(2)9-10-13(15)3/h5-11,17H,4H2,1-3H3. The van der Waals surface area contributed by atoms with Crippen molar-refractivity contribution in [1.29, 1.82) is 0 Å². The molecule has 1 heteroatoms. The minimum Gasteiger partial charge on any atom is -0.385 e. The van der Waals surface area contributed by atoms with Crippen LogP contribution in [0.3, 0.4) is 0 Å². The van der Waals surface area contributed by atoms with E-state index in [-0.39, 0.29) is 0 Å². The van der Waals surface area contributed by atoms with E-state index in [1.165, 1.54) is 27.9 Å². The fraction of sp³-hybridized carbons (Fsp3) is 0.250. The number of aryl methyl sites for hydroxylation is 2. The Morgan fingerprint density at radius 1 is 0.941 bits per heavy atom. The van der Waals surface area contributed by atoms with Gasteiger partial charge in [0.2, 0.25) is 0 Å². The maximum absolute atomic E-state index is 3.42. The molecule has 1 nitrogen and oxygen atoms in total. The highest BCUT2D eigenvalue weighted by molar-refractivity contribution is 5.80. The van der Waals surface area contributed by atoms with Crippen LogP contribution in [0.1, 0.15) is 18.1 Å². The lowest BCUT2D eigenvalue weighted by Gasteiger charge is -2.13. The normalized spacial score (nSPS) is 10.3. The average Bonchev–Trinajstić information content (AvgIpc) is 2.34. The van der Waals surface area contributed by atoms with Crippen LogP contribution in [0.15, 0.2) is 42.5 Å². The Balaban J connectivity index is 2.55. The lowest BCUT2D eigenvalue weighted by Crippen LogP contribution is -1.99. The van der Waals surface area contributed by atoms with Gasteiger partial charge in [-0.05, 0) is 38.0 Å². The van der Waals surface area contributed by atoms with E-state index in [9.17, 15) is 0 Å². The van der Waals surface area contributed by atoms with Gasteiger partial charge in [0, 0.05) is 17.8 Å². The molecular weight excluding hydrogens is 206 g/mol. The lowest BCUT2D eigenvalue weighted by atomic mass is 9.97. The molecule has 0 heterocycles. The Morgan fingerprint density at radius 3 is 2.47 bits per heavy atom.